The number of aromatic nitrogens is 4. The van der Waals surface area contributed by atoms with Crippen molar-refractivity contribution in [2.75, 3.05) is 12.4 Å². The predicted octanol–water partition coefficient (Wildman–Crippen LogP) is 5.35. The van der Waals surface area contributed by atoms with E-state index in [4.69, 9.17) is 21.4 Å². The molecule has 0 saturated carbocycles. The van der Waals surface area contributed by atoms with E-state index < -0.39 is 0 Å². The summed E-state index contributed by atoms with van der Waals surface area (Å²) in [6, 6.07) is 23.2. The van der Waals surface area contributed by atoms with Gasteiger partial charge in [-0.05, 0) is 48.5 Å². The van der Waals surface area contributed by atoms with Gasteiger partial charge in [-0.25, -0.2) is 0 Å². The zero-order chi connectivity index (χ0) is 19.8. The van der Waals surface area contributed by atoms with Crippen molar-refractivity contribution >= 4 is 39.5 Å². The molecule has 6 nitrogen and oxygen atoms in total. The number of hydrogen-bond acceptors (Lipinski definition) is 5. The number of anilines is 2. The Morgan fingerprint density at radius 2 is 1.59 bits per heavy atom. The topological polar surface area (TPSA) is 64.3 Å². The molecular weight excluding hydrogens is 386 g/mol. The molecule has 0 unspecified atom stereocenters. The maximum absolute atomic E-state index is 6.01. The third-order valence-corrected chi connectivity index (χ3v) is 4.97. The molecule has 0 atom stereocenters. The lowest BCUT2D eigenvalue weighted by Crippen LogP contribution is -2.02. The van der Waals surface area contributed by atoms with Crippen molar-refractivity contribution < 1.29 is 4.74 Å². The largest absolute Gasteiger partial charge is 0.497 e. The van der Waals surface area contributed by atoms with Crippen LogP contribution >= 0.6 is 11.6 Å². The van der Waals surface area contributed by atoms with E-state index in [9.17, 15) is 0 Å². The minimum atomic E-state index is 0.660. The molecule has 0 amide bonds. The highest BCUT2D eigenvalue weighted by molar-refractivity contribution is 6.30. The van der Waals surface area contributed by atoms with E-state index >= 15 is 0 Å². The Hall–Kier alpha value is -3.64. The van der Waals surface area contributed by atoms with Crippen LogP contribution in [0.1, 0.15) is 0 Å². The number of hydrogen-bond donors (Lipinski definition) is 1. The first-order valence-electron chi connectivity index (χ1n) is 9.04. The fourth-order valence-corrected chi connectivity index (χ4v) is 3.39. The number of fused-ring (bicyclic) bond motifs is 3. The number of benzene rings is 3. The molecule has 5 rings (SSSR count). The monoisotopic (exact) mass is 401 g/mol. The van der Waals surface area contributed by atoms with E-state index in [1.165, 1.54) is 0 Å². The first-order valence-corrected chi connectivity index (χ1v) is 9.42. The Labute approximate surface area is 171 Å². The number of rotatable bonds is 4. The summed E-state index contributed by atoms with van der Waals surface area (Å²) in [4.78, 5) is 0. The number of nitrogens with zero attached hydrogens (tertiary/aromatic N) is 4. The Kier molecular flexibility index (Phi) is 4.26. The zero-order valence-corrected chi connectivity index (χ0v) is 16.3. The molecule has 0 aliphatic carbocycles. The first kappa shape index (κ1) is 17.5. The van der Waals surface area contributed by atoms with Crippen LogP contribution in [0, 0.1) is 0 Å². The molecule has 2 heterocycles. The third-order valence-electron chi connectivity index (χ3n) is 4.72. The van der Waals surface area contributed by atoms with Gasteiger partial charge in [0.1, 0.15) is 5.75 Å². The van der Waals surface area contributed by atoms with Gasteiger partial charge in [-0.15, -0.1) is 15.3 Å². The van der Waals surface area contributed by atoms with Crippen molar-refractivity contribution in [1.29, 1.82) is 0 Å². The van der Waals surface area contributed by atoms with Gasteiger partial charge in [0.15, 0.2) is 17.3 Å². The highest BCUT2D eigenvalue weighted by Gasteiger charge is 2.15. The summed E-state index contributed by atoms with van der Waals surface area (Å²) in [6.07, 6.45) is 0. The van der Waals surface area contributed by atoms with Gasteiger partial charge in [-0.2, -0.15) is 4.52 Å². The van der Waals surface area contributed by atoms with Crippen LogP contribution in [-0.4, -0.2) is 26.9 Å². The summed E-state index contributed by atoms with van der Waals surface area (Å²) in [6.45, 7) is 0. The average Bonchev–Trinajstić information content (AvgIpc) is 3.19. The molecule has 0 saturated heterocycles. The lowest BCUT2D eigenvalue weighted by Gasteiger charge is -2.11. The summed E-state index contributed by atoms with van der Waals surface area (Å²) in [5.41, 5.74) is 2.50. The van der Waals surface area contributed by atoms with Crippen LogP contribution in [0.25, 0.3) is 27.8 Å². The molecule has 0 aliphatic heterocycles. The minimum Gasteiger partial charge on any atom is -0.497 e. The smallest absolute Gasteiger partial charge is 0.186 e. The van der Waals surface area contributed by atoms with Crippen LogP contribution < -0.4 is 10.1 Å². The van der Waals surface area contributed by atoms with Crippen molar-refractivity contribution in [3.05, 3.63) is 77.8 Å². The van der Waals surface area contributed by atoms with Crippen LogP contribution in [-0.2, 0) is 0 Å². The molecule has 0 aliphatic rings. The van der Waals surface area contributed by atoms with Gasteiger partial charge in [0, 0.05) is 27.0 Å². The molecule has 7 heteroatoms. The standard InChI is InChI=1S/C22H16ClN5O/c1-29-17-12-6-14(7-13-17)21-25-26-22-19-5-3-2-4-18(19)20(27-28(21)22)24-16-10-8-15(23)9-11-16/h2-13H,1H3,(H,24,27). The fraction of sp³-hybridized carbons (Fsp3) is 0.0455. The normalized spacial score (nSPS) is 11.1. The van der Waals surface area contributed by atoms with Gasteiger partial charge in [-0.3, -0.25) is 0 Å². The van der Waals surface area contributed by atoms with Crippen LogP contribution in [0.2, 0.25) is 5.02 Å². The van der Waals surface area contributed by atoms with Gasteiger partial charge in [-0.1, -0.05) is 35.9 Å². The molecule has 0 radical (unpaired) electrons. The molecule has 142 valence electrons. The maximum atomic E-state index is 6.01. The van der Waals surface area contributed by atoms with E-state index in [0.29, 0.717) is 22.3 Å². The second-order valence-corrected chi connectivity index (χ2v) is 6.95. The molecular formula is C22H16ClN5O. The van der Waals surface area contributed by atoms with Crippen molar-refractivity contribution in [1.82, 2.24) is 19.8 Å². The van der Waals surface area contributed by atoms with Gasteiger partial charge >= 0.3 is 0 Å². The number of methoxy groups -OCH3 is 1. The van der Waals surface area contributed by atoms with E-state index in [-0.39, 0.29) is 0 Å². The van der Waals surface area contributed by atoms with Crippen LogP contribution in [0.15, 0.2) is 72.8 Å². The van der Waals surface area contributed by atoms with Crippen LogP contribution in [0.3, 0.4) is 0 Å². The number of ether oxygens (including phenoxy) is 1. The van der Waals surface area contributed by atoms with Crippen molar-refractivity contribution in [2.24, 2.45) is 0 Å². The van der Waals surface area contributed by atoms with Crippen LogP contribution in [0.4, 0.5) is 11.5 Å². The molecule has 3 aromatic carbocycles. The van der Waals surface area contributed by atoms with Gasteiger partial charge in [0.25, 0.3) is 0 Å². The quantitative estimate of drug-likeness (QED) is 0.439. The summed E-state index contributed by atoms with van der Waals surface area (Å²) in [5, 5.41) is 19.6. The zero-order valence-electron chi connectivity index (χ0n) is 15.5. The Morgan fingerprint density at radius 3 is 2.31 bits per heavy atom. The number of nitrogens with one attached hydrogen (secondary N) is 1. The first-order chi connectivity index (χ1) is 14.2. The molecule has 0 spiro atoms. The molecule has 0 bridgehead atoms. The summed E-state index contributed by atoms with van der Waals surface area (Å²) >= 11 is 6.01. The van der Waals surface area contributed by atoms with E-state index in [1.807, 2.05) is 72.8 Å². The van der Waals surface area contributed by atoms with E-state index in [2.05, 4.69) is 15.5 Å². The lowest BCUT2D eigenvalue weighted by atomic mass is 10.1. The molecule has 0 fully saturated rings. The van der Waals surface area contributed by atoms with E-state index in [1.54, 1.807) is 11.6 Å². The van der Waals surface area contributed by atoms with Crippen molar-refractivity contribution in [3.63, 3.8) is 0 Å². The molecule has 5 aromatic rings. The molecule has 1 N–H and O–H groups in total. The highest BCUT2D eigenvalue weighted by Crippen LogP contribution is 2.30. The SMILES string of the molecule is COc1ccc(-c2nnc3c4ccccc4c(Nc4ccc(Cl)cc4)nn23)cc1. The summed E-state index contributed by atoms with van der Waals surface area (Å²) in [5.74, 6) is 2.16. The average molecular weight is 402 g/mol. The summed E-state index contributed by atoms with van der Waals surface area (Å²) in [7, 11) is 1.64. The highest BCUT2D eigenvalue weighted by atomic mass is 35.5. The van der Waals surface area contributed by atoms with Crippen molar-refractivity contribution in [2.45, 2.75) is 0 Å². The Bertz CT molecular complexity index is 1310. The Balaban J connectivity index is 1.69. The van der Waals surface area contributed by atoms with Gasteiger partial charge in [0.2, 0.25) is 0 Å². The molecule has 29 heavy (non-hydrogen) atoms. The summed E-state index contributed by atoms with van der Waals surface area (Å²) < 4.78 is 7.01. The maximum Gasteiger partial charge on any atom is 0.186 e. The molecule has 2 aromatic heterocycles. The Morgan fingerprint density at radius 1 is 0.862 bits per heavy atom. The van der Waals surface area contributed by atoms with E-state index in [0.717, 1.165) is 27.8 Å². The number of halogens is 1. The second-order valence-electron chi connectivity index (χ2n) is 6.51. The second kappa shape index (κ2) is 7.07. The fourth-order valence-electron chi connectivity index (χ4n) is 3.26. The minimum absolute atomic E-state index is 0.660. The van der Waals surface area contributed by atoms with Crippen LogP contribution in [0.5, 0.6) is 5.75 Å². The third kappa shape index (κ3) is 3.13. The van der Waals surface area contributed by atoms with Crippen molar-refractivity contribution in [3.8, 4) is 17.1 Å². The predicted molar refractivity (Wildman–Crippen MR) is 115 cm³/mol. The van der Waals surface area contributed by atoms with Gasteiger partial charge in [0.05, 0.1) is 7.11 Å². The lowest BCUT2D eigenvalue weighted by molar-refractivity contribution is 0.415. The van der Waals surface area contributed by atoms with Gasteiger partial charge < -0.3 is 10.1 Å².